The van der Waals surface area contributed by atoms with Crippen molar-refractivity contribution in [3.63, 3.8) is 0 Å². The number of halogens is 2. The van der Waals surface area contributed by atoms with Crippen molar-refractivity contribution in [3.8, 4) is 11.3 Å². The fraction of sp³-hybridized carbons (Fsp3) is 0.238. The fourth-order valence-electron chi connectivity index (χ4n) is 3.62. The lowest BCUT2D eigenvalue weighted by Gasteiger charge is -2.35. The number of aromatic amines is 1. The van der Waals surface area contributed by atoms with E-state index >= 15 is 0 Å². The number of rotatable bonds is 6. The maximum absolute atomic E-state index is 14.7. The van der Waals surface area contributed by atoms with Gasteiger partial charge >= 0.3 is 0 Å². The number of aromatic nitrogens is 6. The first-order valence-electron chi connectivity index (χ1n) is 9.36. The molecule has 7 nitrogen and oxygen atoms in total. The second kappa shape index (κ2) is 7.75. The quantitative estimate of drug-likeness (QED) is 0.509. The van der Waals surface area contributed by atoms with E-state index in [1.165, 1.54) is 23.4 Å². The van der Waals surface area contributed by atoms with E-state index in [-0.39, 0.29) is 12.1 Å². The molecule has 2 N–H and O–H groups in total. The van der Waals surface area contributed by atoms with Gasteiger partial charge in [-0.05, 0) is 18.6 Å². The van der Waals surface area contributed by atoms with Crippen molar-refractivity contribution in [3.05, 3.63) is 83.6 Å². The Morgan fingerprint density at radius 3 is 2.50 bits per heavy atom. The summed E-state index contributed by atoms with van der Waals surface area (Å²) in [5.74, 6) is -2.08. The highest BCUT2D eigenvalue weighted by Gasteiger charge is 2.40. The summed E-state index contributed by atoms with van der Waals surface area (Å²) in [5, 5.41) is 26.5. The molecule has 154 valence electrons. The van der Waals surface area contributed by atoms with Gasteiger partial charge < -0.3 is 5.11 Å². The third-order valence-corrected chi connectivity index (χ3v) is 5.39. The van der Waals surface area contributed by atoms with Gasteiger partial charge in [0.05, 0.1) is 12.2 Å². The van der Waals surface area contributed by atoms with Crippen LogP contribution in [0.5, 0.6) is 0 Å². The Kier molecular flexibility index (Phi) is 5.13. The van der Waals surface area contributed by atoms with E-state index in [4.69, 9.17) is 0 Å². The number of nitrogens with zero attached hydrogens (tertiary/aromatic N) is 5. The van der Waals surface area contributed by atoms with Crippen molar-refractivity contribution < 1.29 is 13.9 Å². The minimum atomic E-state index is -1.70. The van der Waals surface area contributed by atoms with Gasteiger partial charge in [-0.1, -0.05) is 37.3 Å². The van der Waals surface area contributed by atoms with Crippen LogP contribution in [0.15, 0.2) is 55.1 Å². The van der Waals surface area contributed by atoms with Crippen molar-refractivity contribution >= 4 is 0 Å². The van der Waals surface area contributed by atoms with Gasteiger partial charge in [0.2, 0.25) is 0 Å². The molecule has 0 bridgehead atoms. The summed E-state index contributed by atoms with van der Waals surface area (Å²) in [4.78, 5) is 3.89. The monoisotopic (exact) mass is 410 g/mol. The molecule has 30 heavy (non-hydrogen) atoms. The Morgan fingerprint density at radius 2 is 1.90 bits per heavy atom. The van der Waals surface area contributed by atoms with Crippen LogP contribution in [0.25, 0.3) is 11.3 Å². The molecule has 0 amide bonds. The smallest absolute Gasteiger partial charge is 0.137 e. The number of benzene rings is 2. The van der Waals surface area contributed by atoms with E-state index in [0.29, 0.717) is 0 Å². The van der Waals surface area contributed by atoms with E-state index in [2.05, 4.69) is 25.5 Å². The second-order valence-electron chi connectivity index (χ2n) is 7.24. The van der Waals surface area contributed by atoms with Crippen LogP contribution in [0.3, 0.4) is 0 Å². The minimum Gasteiger partial charge on any atom is -0.382 e. The normalized spacial score (nSPS) is 14.4. The molecule has 4 rings (SSSR count). The Balaban J connectivity index is 1.74. The van der Waals surface area contributed by atoms with Crippen molar-refractivity contribution in [1.82, 2.24) is 30.2 Å². The summed E-state index contributed by atoms with van der Waals surface area (Å²) in [6.45, 7) is 3.58. The Bertz CT molecular complexity index is 1140. The van der Waals surface area contributed by atoms with E-state index in [0.717, 1.165) is 34.6 Å². The highest BCUT2D eigenvalue weighted by atomic mass is 19.1. The molecule has 0 saturated heterocycles. The van der Waals surface area contributed by atoms with Crippen LogP contribution in [0.1, 0.15) is 29.7 Å². The van der Waals surface area contributed by atoms with Gasteiger partial charge in [-0.2, -0.15) is 20.5 Å². The molecule has 2 atom stereocenters. The summed E-state index contributed by atoms with van der Waals surface area (Å²) < 4.78 is 29.6. The average Bonchev–Trinajstić information content (AvgIpc) is 3.39. The van der Waals surface area contributed by atoms with E-state index in [1.54, 1.807) is 6.92 Å². The van der Waals surface area contributed by atoms with Crippen LogP contribution in [0, 0.1) is 18.6 Å². The first-order valence-corrected chi connectivity index (χ1v) is 9.36. The van der Waals surface area contributed by atoms with Crippen molar-refractivity contribution in [2.24, 2.45) is 0 Å². The van der Waals surface area contributed by atoms with Gasteiger partial charge in [0.1, 0.15) is 35.6 Å². The number of hydrogen-bond acceptors (Lipinski definition) is 5. The van der Waals surface area contributed by atoms with Gasteiger partial charge in [0.25, 0.3) is 0 Å². The molecule has 0 fully saturated rings. The van der Waals surface area contributed by atoms with Crippen LogP contribution in [-0.4, -0.2) is 35.3 Å². The number of hydrogen-bond donors (Lipinski definition) is 2. The molecule has 0 radical (unpaired) electrons. The van der Waals surface area contributed by atoms with Crippen LogP contribution < -0.4 is 0 Å². The molecule has 0 aliphatic rings. The molecule has 2 aromatic heterocycles. The molecular formula is C21H20F2N6O. The second-order valence-corrected chi connectivity index (χ2v) is 7.24. The summed E-state index contributed by atoms with van der Waals surface area (Å²) in [6.07, 6.45) is 2.77. The molecule has 0 saturated carbocycles. The van der Waals surface area contributed by atoms with Crippen LogP contribution in [0.4, 0.5) is 8.78 Å². The molecule has 0 aliphatic heterocycles. The SMILES string of the molecule is Cc1n[nH]nc1-c1ccc([C@H](C)[C@](O)(Cn2cncn2)c2ccc(F)cc2F)cc1. The van der Waals surface area contributed by atoms with Gasteiger partial charge in [-0.25, -0.2) is 18.4 Å². The van der Waals surface area contributed by atoms with Gasteiger partial charge in [0.15, 0.2) is 0 Å². The van der Waals surface area contributed by atoms with Crippen molar-refractivity contribution in [1.29, 1.82) is 0 Å². The zero-order valence-electron chi connectivity index (χ0n) is 16.4. The fourth-order valence-corrected chi connectivity index (χ4v) is 3.62. The van der Waals surface area contributed by atoms with Crippen molar-refractivity contribution in [2.45, 2.75) is 31.9 Å². The molecular weight excluding hydrogens is 390 g/mol. The van der Waals surface area contributed by atoms with E-state index < -0.39 is 23.2 Å². The zero-order valence-corrected chi connectivity index (χ0v) is 16.4. The summed E-state index contributed by atoms with van der Waals surface area (Å²) in [6, 6.07) is 10.6. The van der Waals surface area contributed by atoms with E-state index in [9.17, 15) is 13.9 Å². The summed E-state index contributed by atoms with van der Waals surface area (Å²) >= 11 is 0. The maximum Gasteiger partial charge on any atom is 0.137 e. The largest absolute Gasteiger partial charge is 0.382 e. The topological polar surface area (TPSA) is 92.5 Å². The highest BCUT2D eigenvalue weighted by Crippen LogP contribution is 2.40. The number of H-pyrrole nitrogens is 1. The predicted molar refractivity (Wildman–Crippen MR) is 105 cm³/mol. The summed E-state index contributed by atoms with van der Waals surface area (Å²) in [5.41, 5.74) is 1.43. The molecule has 2 heterocycles. The molecule has 9 heteroatoms. The lowest BCUT2D eigenvalue weighted by atomic mass is 9.77. The Hall–Kier alpha value is -3.46. The Labute approximate surface area is 171 Å². The number of aliphatic hydroxyl groups is 1. The number of aryl methyl sites for hydroxylation is 1. The van der Waals surface area contributed by atoms with Crippen LogP contribution in [-0.2, 0) is 12.1 Å². The predicted octanol–water partition coefficient (Wildman–Crippen LogP) is 3.34. The molecule has 0 aliphatic carbocycles. The molecule has 4 aromatic rings. The zero-order chi connectivity index (χ0) is 21.3. The van der Waals surface area contributed by atoms with Gasteiger partial charge in [0, 0.05) is 23.1 Å². The third-order valence-electron chi connectivity index (χ3n) is 5.39. The van der Waals surface area contributed by atoms with Crippen LogP contribution in [0.2, 0.25) is 0 Å². The lowest BCUT2D eigenvalue weighted by Crippen LogP contribution is -2.38. The maximum atomic E-state index is 14.7. The molecule has 0 spiro atoms. The lowest BCUT2D eigenvalue weighted by molar-refractivity contribution is -0.0112. The van der Waals surface area contributed by atoms with Crippen LogP contribution >= 0.6 is 0 Å². The van der Waals surface area contributed by atoms with Crippen molar-refractivity contribution in [2.75, 3.05) is 0 Å². The minimum absolute atomic E-state index is 0.0108. The standard InChI is InChI=1S/C21H20F2N6O/c1-13(15-3-5-16(6-4-15)20-14(2)26-28-27-20)21(30,10-29-12-24-11-25-29)18-8-7-17(22)9-19(18)23/h3-9,11-13,30H,10H2,1-2H3,(H,26,27,28)/t13-,21+/m0/s1. The molecule has 0 unspecified atom stereocenters. The Morgan fingerprint density at radius 1 is 1.13 bits per heavy atom. The number of nitrogens with one attached hydrogen (secondary N) is 1. The highest BCUT2D eigenvalue weighted by molar-refractivity contribution is 5.61. The average molecular weight is 410 g/mol. The van der Waals surface area contributed by atoms with Gasteiger partial charge in [-0.3, -0.25) is 0 Å². The van der Waals surface area contributed by atoms with E-state index in [1.807, 2.05) is 31.2 Å². The first kappa shape index (κ1) is 19.8. The molecule has 2 aromatic carbocycles. The summed E-state index contributed by atoms with van der Waals surface area (Å²) in [7, 11) is 0. The van der Waals surface area contributed by atoms with Gasteiger partial charge in [-0.15, -0.1) is 0 Å². The third kappa shape index (κ3) is 3.59. The first-order chi connectivity index (χ1) is 14.4.